The lowest BCUT2D eigenvalue weighted by Crippen LogP contribution is -2.23. The summed E-state index contributed by atoms with van der Waals surface area (Å²) in [6.45, 7) is 1.95. The number of aromatic hydroxyl groups is 1. The van der Waals surface area contributed by atoms with Gasteiger partial charge in [0.25, 0.3) is 5.56 Å². The van der Waals surface area contributed by atoms with E-state index in [9.17, 15) is 9.90 Å². The second-order valence-electron chi connectivity index (χ2n) is 6.89. The summed E-state index contributed by atoms with van der Waals surface area (Å²) in [4.78, 5) is 13.3. The molecule has 0 aliphatic heterocycles. The molecule has 0 spiro atoms. The molecule has 4 aromatic rings. The fourth-order valence-corrected chi connectivity index (χ4v) is 3.73. The molecule has 160 valence electrons. The summed E-state index contributed by atoms with van der Waals surface area (Å²) in [7, 11) is 0. The van der Waals surface area contributed by atoms with Gasteiger partial charge >= 0.3 is 0 Å². The lowest BCUT2D eigenvalue weighted by Gasteiger charge is -2.16. The molecule has 0 unspecified atom stereocenters. The van der Waals surface area contributed by atoms with Crippen LogP contribution in [0.25, 0.3) is 11.4 Å². The summed E-state index contributed by atoms with van der Waals surface area (Å²) in [5.41, 5.74) is 1.51. The summed E-state index contributed by atoms with van der Waals surface area (Å²) < 4.78 is 2.70. The van der Waals surface area contributed by atoms with E-state index >= 15 is 0 Å². The first-order valence-electron chi connectivity index (χ1n) is 9.47. The molecule has 0 aliphatic carbocycles. The summed E-state index contributed by atoms with van der Waals surface area (Å²) in [6, 6.07) is 20.7. The number of aromatic nitrogens is 2. The normalized spacial score (nSPS) is 11.2. The van der Waals surface area contributed by atoms with Crippen LogP contribution in [0.5, 0.6) is 5.88 Å². The Kier molecular flexibility index (Phi) is 6.23. The van der Waals surface area contributed by atoms with Crippen molar-refractivity contribution in [3.05, 3.63) is 104 Å². The van der Waals surface area contributed by atoms with Crippen LogP contribution in [0.1, 0.15) is 5.56 Å². The molecule has 0 saturated carbocycles. The van der Waals surface area contributed by atoms with Crippen molar-refractivity contribution in [2.24, 2.45) is 10.2 Å². The fraction of sp³-hybridized carbons (Fsp3) is 0.0435. The average Bonchev–Trinajstić information content (AvgIpc) is 2.77. The predicted octanol–water partition coefficient (Wildman–Crippen LogP) is 7.09. The number of rotatable bonds is 4. The van der Waals surface area contributed by atoms with Crippen molar-refractivity contribution in [1.29, 1.82) is 0 Å². The lowest BCUT2D eigenvalue weighted by molar-refractivity contribution is 0.432. The molecule has 0 amide bonds. The van der Waals surface area contributed by atoms with Crippen LogP contribution >= 0.6 is 35.4 Å². The van der Waals surface area contributed by atoms with Crippen molar-refractivity contribution >= 4 is 46.8 Å². The van der Waals surface area contributed by atoms with E-state index in [2.05, 4.69) is 10.2 Å². The smallest absolute Gasteiger partial charge is 0.290 e. The standard InChI is InChI=1S/C23H16Cl2N4O2S/c1-14-6-10-16(11-7-14)28-21(30)20(27-26-19-5-3-2-4-18(19)25)22(31)29(23(28)32)17-12-8-15(24)9-13-17/h2-13,30H,1H3. The van der Waals surface area contributed by atoms with Crippen molar-refractivity contribution in [3.63, 3.8) is 0 Å². The molecule has 32 heavy (non-hydrogen) atoms. The van der Waals surface area contributed by atoms with Gasteiger partial charge < -0.3 is 5.11 Å². The minimum atomic E-state index is -0.631. The zero-order valence-electron chi connectivity index (χ0n) is 16.7. The SMILES string of the molecule is Cc1ccc(-n2c(O)c(N=Nc3ccccc3Cl)c(=O)n(-c3ccc(Cl)cc3)c2=S)cc1. The van der Waals surface area contributed by atoms with Gasteiger partial charge in [-0.25, -0.2) is 0 Å². The number of nitrogens with zero attached hydrogens (tertiary/aromatic N) is 4. The number of aryl methyl sites for hydroxylation is 1. The van der Waals surface area contributed by atoms with E-state index in [4.69, 9.17) is 35.4 Å². The van der Waals surface area contributed by atoms with Crippen LogP contribution in [0, 0.1) is 11.7 Å². The van der Waals surface area contributed by atoms with Gasteiger partial charge in [0.05, 0.1) is 16.4 Å². The Morgan fingerprint density at radius 2 is 1.44 bits per heavy atom. The first-order chi connectivity index (χ1) is 15.4. The van der Waals surface area contributed by atoms with E-state index in [1.54, 1.807) is 60.7 Å². The molecule has 0 saturated heterocycles. The average molecular weight is 483 g/mol. The first-order valence-corrected chi connectivity index (χ1v) is 10.6. The number of hydrogen-bond donors (Lipinski definition) is 1. The van der Waals surface area contributed by atoms with Crippen molar-refractivity contribution in [3.8, 4) is 17.3 Å². The number of hydrogen-bond acceptors (Lipinski definition) is 5. The van der Waals surface area contributed by atoms with Gasteiger partial charge in [-0.2, -0.15) is 0 Å². The predicted molar refractivity (Wildman–Crippen MR) is 129 cm³/mol. The maximum absolute atomic E-state index is 13.3. The maximum Gasteiger partial charge on any atom is 0.290 e. The fourth-order valence-electron chi connectivity index (χ4n) is 3.05. The highest BCUT2D eigenvalue weighted by molar-refractivity contribution is 7.71. The van der Waals surface area contributed by atoms with Crippen LogP contribution < -0.4 is 5.56 Å². The Hall–Kier alpha value is -3.26. The van der Waals surface area contributed by atoms with Crippen molar-refractivity contribution in [2.75, 3.05) is 0 Å². The molecule has 4 rings (SSSR count). The minimum Gasteiger partial charge on any atom is -0.492 e. The molecule has 0 aliphatic rings. The molecule has 0 fully saturated rings. The zero-order valence-corrected chi connectivity index (χ0v) is 19.1. The van der Waals surface area contributed by atoms with Crippen LogP contribution in [0.4, 0.5) is 11.4 Å². The molecular weight excluding hydrogens is 467 g/mol. The van der Waals surface area contributed by atoms with E-state index in [0.717, 1.165) is 5.56 Å². The highest BCUT2D eigenvalue weighted by atomic mass is 35.5. The van der Waals surface area contributed by atoms with E-state index in [1.165, 1.54) is 9.13 Å². The number of azo groups is 1. The van der Waals surface area contributed by atoms with Crippen molar-refractivity contribution in [2.45, 2.75) is 6.92 Å². The molecular formula is C23H16Cl2N4O2S. The Bertz CT molecular complexity index is 1440. The Balaban J connectivity index is 2.01. The summed E-state index contributed by atoms with van der Waals surface area (Å²) in [6.07, 6.45) is 0. The summed E-state index contributed by atoms with van der Waals surface area (Å²) in [5.74, 6) is -0.426. The lowest BCUT2D eigenvalue weighted by atomic mass is 10.2. The highest BCUT2D eigenvalue weighted by Crippen LogP contribution is 2.31. The second kappa shape index (κ2) is 9.08. The molecule has 3 aromatic carbocycles. The van der Waals surface area contributed by atoms with Gasteiger partial charge in [0.15, 0.2) is 4.77 Å². The van der Waals surface area contributed by atoms with E-state index in [1.807, 2.05) is 19.1 Å². The molecule has 0 atom stereocenters. The van der Waals surface area contributed by atoms with Crippen molar-refractivity contribution < 1.29 is 5.11 Å². The van der Waals surface area contributed by atoms with Crippen LogP contribution in [-0.4, -0.2) is 14.2 Å². The van der Waals surface area contributed by atoms with E-state index < -0.39 is 11.4 Å². The Labute approximate surface area is 198 Å². The molecule has 1 heterocycles. The summed E-state index contributed by atoms with van der Waals surface area (Å²) >= 11 is 17.7. The van der Waals surface area contributed by atoms with Gasteiger partial charge in [0.1, 0.15) is 5.69 Å². The maximum atomic E-state index is 13.3. The quantitative estimate of drug-likeness (QED) is 0.249. The van der Waals surface area contributed by atoms with E-state index in [0.29, 0.717) is 27.1 Å². The number of benzene rings is 3. The summed E-state index contributed by atoms with van der Waals surface area (Å²) in [5, 5.41) is 20.0. The van der Waals surface area contributed by atoms with Gasteiger partial charge in [0, 0.05) is 5.02 Å². The monoisotopic (exact) mass is 482 g/mol. The third-order valence-electron chi connectivity index (χ3n) is 4.70. The van der Waals surface area contributed by atoms with Crippen LogP contribution in [0.15, 0.2) is 87.8 Å². The van der Waals surface area contributed by atoms with Gasteiger partial charge in [-0.3, -0.25) is 13.9 Å². The highest BCUT2D eigenvalue weighted by Gasteiger charge is 2.19. The second-order valence-corrected chi connectivity index (χ2v) is 8.10. The molecule has 9 heteroatoms. The minimum absolute atomic E-state index is 0.0652. The Morgan fingerprint density at radius 3 is 2.09 bits per heavy atom. The van der Waals surface area contributed by atoms with Gasteiger partial charge in [-0.05, 0) is 67.7 Å². The largest absolute Gasteiger partial charge is 0.492 e. The van der Waals surface area contributed by atoms with Gasteiger partial charge in [0.2, 0.25) is 11.6 Å². The molecule has 0 radical (unpaired) electrons. The topological polar surface area (TPSA) is 71.9 Å². The number of halogens is 2. The van der Waals surface area contributed by atoms with Crippen LogP contribution in [0.3, 0.4) is 0 Å². The van der Waals surface area contributed by atoms with Gasteiger partial charge in [-0.1, -0.05) is 53.0 Å². The van der Waals surface area contributed by atoms with E-state index in [-0.39, 0.29) is 10.5 Å². The molecule has 6 nitrogen and oxygen atoms in total. The molecule has 1 N–H and O–H groups in total. The van der Waals surface area contributed by atoms with Gasteiger partial charge in [-0.15, -0.1) is 10.2 Å². The third-order valence-corrected chi connectivity index (χ3v) is 5.64. The Morgan fingerprint density at radius 1 is 0.844 bits per heavy atom. The third kappa shape index (κ3) is 4.23. The zero-order chi connectivity index (χ0) is 22.8. The molecule has 1 aromatic heterocycles. The van der Waals surface area contributed by atoms with Crippen LogP contribution in [0.2, 0.25) is 10.0 Å². The molecule has 0 bridgehead atoms. The first kappa shape index (κ1) is 22.0. The van der Waals surface area contributed by atoms with Crippen LogP contribution in [-0.2, 0) is 0 Å². The van der Waals surface area contributed by atoms with Crippen molar-refractivity contribution in [1.82, 2.24) is 9.13 Å².